The summed E-state index contributed by atoms with van der Waals surface area (Å²) in [7, 11) is -0.964. The van der Waals surface area contributed by atoms with Crippen molar-refractivity contribution in [2.24, 2.45) is 0 Å². The van der Waals surface area contributed by atoms with E-state index in [2.05, 4.69) is 5.32 Å². The number of rotatable bonds is 6. The fraction of sp³-hybridized carbons (Fsp3) is 0.455. The quantitative estimate of drug-likeness (QED) is 0.853. The van der Waals surface area contributed by atoms with Gasteiger partial charge in [-0.05, 0) is 24.7 Å². The molecule has 7 heteroatoms. The van der Waals surface area contributed by atoms with Crippen molar-refractivity contribution in [3.05, 3.63) is 29.8 Å². The highest BCUT2D eigenvalue weighted by Crippen LogP contribution is 2.16. The monoisotopic (exact) mass is 278 g/mol. The Morgan fingerprint density at radius 1 is 1.39 bits per heavy atom. The fourth-order valence-electron chi connectivity index (χ4n) is 1.49. The van der Waals surface area contributed by atoms with Crippen molar-refractivity contribution in [1.82, 2.24) is 9.62 Å². The summed E-state index contributed by atoms with van der Waals surface area (Å²) in [5, 5.41) is 2.90. The van der Waals surface area contributed by atoms with E-state index in [1.54, 1.807) is 19.2 Å². The zero-order chi connectivity index (χ0) is 13.8. The van der Waals surface area contributed by atoms with Crippen molar-refractivity contribution < 1.29 is 17.2 Å². The molecule has 1 aromatic rings. The molecule has 18 heavy (non-hydrogen) atoms. The second kappa shape index (κ2) is 6.21. The first-order chi connectivity index (χ1) is 8.37. The molecule has 0 fully saturated rings. The molecule has 0 aliphatic rings. The molecule has 0 atom stereocenters. The molecule has 1 rings (SSSR count). The van der Waals surface area contributed by atoms with Crippen LogP contribution in [0.5, 0.6) is 0 Å². The van der Waals surface area contributed by atoms with Gasteiger partial charge >= 0.3 is 0 Å². The van der Waals surface area contributed by atoms with Crippen LogP contribution in [0.15, 0.2) is 29.2 Å². The summed E-state index contributed by atoms with van der Waals surface area (Å²) in [6.45, 7) is -0.291. The Hall–Kier alpha value is -1.05. The van der Waals surface area contributed by atoms with E-state index in [9.17, 15) is 17.2 Å². The highest BCUT2D eigenvalue weighted by molar-refractivity contribution is 7.89. The number of hydrogen-bond acceptors (Lipinski definition) is 3. The highest BCUT2D eigenvalue weighted by atomic mass is 32.2. The summed E-state index contributed by atoms with van der Waals surface area (Å²) >= 11 is 0. The van der Waals surface area contributed by atoms with Gasteiger partial charge in [0.25, 0.3) is 6.43 Å². The number of halogens is 2. The number of sulfonamides is 1. The lowest BCUT2D eigenvalue weighted by atomic mass is 10.2. The van der Waals surface area contributed by atoms with Gasteiger partial charge in [-0.1, -0.05) is 12.1 Å². The van der Waals surface area contributed by atoms with Crippen molar-refractivity contribution in [2.45, 2.75) is 17.9 Å². The smallest absolute Gasteiger partial charge is 0.252 e. The molecular weight excluding hydrogens is 262 g/mol. The summed E-state index contributed by atoms with van der Waals surface area (Å²) in [6, 6.07) is 6.24. The van der Waals surface area contributed by atoms with Gasteiger partial charge in [-0.3, -0.25) is 0 Å². The van der Waals surface area contributed by atoms with E-state index >= 15 is 0 Å². The molecule has 0 amide bonds. The Bertz CT molecular complexity index is 492. The van der Waals surface area contributed by atoms with Gasteiger partial charge in [-0.2, -0.15) is 4.31 Å². The Balaban J connectivity index is 3.00. The van der Waals surface area contributed by atoms with Crippen LogP contribution in [0.4, 0.5) is 8.78 Å². The van der Waals surface area contributed by atoms with E-state index in [4.69, 9.17) is 0 Å². The second-order valence-electron chi connectivity index (χ2n) is 3.85. The van der Waals surface area contributed by atoms with Gasteiger partial charge in [0, 0.05) is 13.6 Å². The Morgan fingerprint density at radius 3 is 2.61 bits per heavy atom. The lowest BCUT2D eigenvalue weighted by molar-refractivity contribution is 0.126. The van der Waals surface area contributed by atoms with Crippen molar-refractivity contribution in [1.29, 1.82) is 0 Å². The summed E-state index contributed by atoms with van der Waals surface area (Å²) in [5.74, 6) is 0. The molecule has 0 aromatic heterocycles. The van der Waals surface area contributed by atoms with Crippen molar-refractivity contribution in [2.75, 3.05) is 20.6 Å². The minimum Gasteiger partial charge on any atom is -0.316 e. The predicted octanol–water partition coefficient (Wildman–Crippen LogP) is 1.29. The molecule has 0 saturated carbocycles. The largest absolute Gasteiger partial charge is 0.316 e. The number of hydrogen-bond donors (Lipinski definition) is 1. The molecule has 0 heterocycles. The molecule has 1 N–H and O–H groups in total. The van der Waals surface area contributed by atoms with E-state index < -0.39 is 23.0 Å². The van der Waals surface area contributed by atoms with Crippen molar-refractivity contribution >= 4 is 10.0 Å². The van der Waals surface area contributed by atoms with E-state index in [1.807, 2.05) is 0 Å². The third kappa shape index (κ3) is 3.72. The second-order valence-corrected chi connectivity index (χ2v) is 5.90. The molecule has 0 aliphatic heterocycles. The summed E-state index contributed by atoms with van der Waals surface area (Å²) in [4.78, 5) is 0.0263. The third-order valence-corrected chi connectivity index (χ3v) is 4.20. The Morgan fingerprint density at radius 2 is 2.06 bits per heavy atom. The Labute approximate surface area is 106 Å². The molecule has 102 valence electrons. The standard InChI is InChI=1S/C11H16F2N2O2S/c1-14-7-9-4-3-5-10(6-9)18(16,17)15(2)8-11(12)13/h3-6,11,14H,7-8H2,1-2H3. The maximum atomic E-state index is 12.2. The van der Waals surface area contributed by atoms with Crippen LogP contribution in [-0.4, -0.2) is 39.8 Å². The predicted molar refractivity (Wildman–Crippen MR) is 65.0 cm³/mol. The van der Waals surface area contributed by atoms with Crippen LogP contribution >= 0.6 is 0 Å². The average Bonchev–Trinajstić information content (AvgIpc) is 2.29. The van der Waals surface area contributed by atoms with E-state index in [1.165, 1.54) is 12.1 Å². The molecule has 0 spiro atoms. The normalized spacial score (nSPS) is 12.3. The van der Waals surface area contributed by atoms with E-state index in [0.717, 1.165) is 12.6 Å². The van der Waals surface area contributed by atoms with E-state index in [0.29, 0.717) is 10.8 Å². The van der Waals surface area contributed by atoms with Gasteiger partial charge in [0.1, 0.15) is 0 Å². The molecule has 1 aromatic carbocycles. The first kappa shape index (κ1) is 15.0. The maximum Gasteiger partial charge on any atom is 0.252 e. The molecule has 0 unspecified atom stereocenters. The minimum atomic E-state index is -3.85. The first-order valence-electron chi connectivity index (χ1n) is 5.36. The number of benzene rings is 1. The fourth-order valence-corrected chi connectivity index (χ4v) is 2.71. The van der Waals surface area contributed by atoms with Gasteiger partial charge in [-0.15, -0.1) is 0 Å². The SMILES string of the molecule is CNCc1cccc(S(=O)(=O)N(C)CC(F)F)c1. The molecule has 0 radical (unpaired) electrons. The highest BCUT2D eigenvalue weighted by Gasteiger charge is 2.23. The van der Waals surface area contributed by atoms with Crippen LogP contribution in [0.25, 0.3) is 0 Å². The molecule has 0 bridgehead atoms. The van der Waals surface area contributed by atoms with Crippen molar-refractivity contribution in [3.8, 4) is 0 Å². The van der Waals surface area contributed by atoms with Crippen LogP contribution < -0.4 is 5.32 Å². The Kier molecular flexibility index (Phi) is 5.18. The van der Waals surface area contributed by atoms with Gasteiger partial charge in [0.15, 0.2) is 0 Å². The lowest BCUT2D eigenvalue weighted by Gasteiger charge is -2.17. The lowest BCUT2D eigenvalue weighted by Crippen LogP contribution is -2.31. The molecular formula is C11H16F2N2O2S. The summed E-state index contributed by atoms with van der Waals surface area (Å²) in [6.07, 6.45) is -2.69. The van der Waals surface area contributed by atoms with Crippen LogP contribution in [0.1, 0.15) is 5.56 Å². The van der Waals surface area contributed by atoms with Crippen LogP contribution in [0.3, 0.4) is 0 Å². The maximum absolute atomic E-state index is 12.2. The topological polar surface area (TPSA) is 49.4 Å². The van der Waals surface area contributed by atoms with Crippen LogP contribution in [0.2, 0.25) is 0 Å². The zero-order valence-electron chi connectivity index (χ0n) is 10.2. The number of alkyl halides is 2. The van der Waals surface area contributed by atoms with E-state index in [-0.39, 0.29) is 4.90 Å². The average molecular weight is 278 g/mol. The molecule has 0 saturated heterocycles. The van der Waals surface area contributed by atoms with Crippen molar-refractivity contribution in [3.63, 3.8) is 0 Å². The summed E-state index contributed by atoms with van der Waals surface area (Å²) in [5.41, 5.74) is 0.782. The first-order valence-corrected chi connectivity index (χ1v) is 6.80. The summed E-state index contributed by atoms with van der Waals surface area (Å²) < 4.78 is 49.1. The molecule has 0 aliphatic carbocycles. The number of nitrogens with one attached hydrogen (secondary N) is 1. The van der Waals surface area contributed by atoms with Crippen LogP contribution in [0, 0.1) is 0 Å². The minimum absolute atomic E-state index is 0.0263. The third-order valence-electron chi connectivity index (χ3n) is 2.38. The van der Waals surface area contributed by atoms with Crippen LogP contribution in [-0.2, 0) is 16.6 Å². The zero-order valence-corrected chi connectivity index (χ0v) is 11.0. The van der Waals surface area contributed by atoms with Gasteiger partial charge < -0.3 is 5.32 Å². The van der Waals surface area contributed by atoms with Gasteiger partial charge in [-0.25, -0.2) is 17.2 Å². The van der Waals surface area contributed by atoms with Gasteiger partial charge in [0.05, 0.1) is 11.4 Å². The number of nitrogens with zero attached hydrogens (tertiary/aromatic N) is 1. The van der Waals surface area contributed by atoms with Gasteiger partial charge in [0.2, 0.25) is 10.0 Å². The molecule has 4 nitrogen and oxygen atoms in total.